The third kappa shape index (κ3) is 3.80. The minimum absolute atomic E-state index is 0.0122. The van der Waals surface area contributed by atoms with Crippen LogP contribution in [-0.2, 0) is 18.3 Å². The van der Waals surface area contributed by atoms with Gasteiger partial charge in [0.25, 0.3) is 11.6 Å². The van der Waals surface area contributed by atoms with E-state index in [2.05, 4.69) is 4.99 Å². The fourth-order valence-corrected chi connectivity index (χ4v) is 3.54. The summed E-state index contributed by atoms with van der Waals surface area (Å²) < 4.78 is 7.92. The second-order valence-corrected chi connectivity index (χ2v) is 6.62. The van der Waals surface area contributed by atoms with Gasteiger partial charge < -0.3 is 9.30 Å². The summed E-state index contributed by atoms with van der Waals surface area (Å²) in [4.78, 5) is 27.4. The predicted octanol–water partition coefficient (Wildman–Crippen LogP) is 3.22. The number of nitro groups is 1. The van der Waals surface area contributed by atoms with Crippen LogP contribution in [0, 0.1) is 10.1 Å². The lowest BCUT2D eigenvalue weighted by Gasteiger charge is -2.03. The number of amides is 1. The average Bonchev–Trinajstić information content (AvgIpc) is 2.92. The minimum Gasteiger partial charge on any atom is -0.494 e. The Bertz CT molecular complexity index is 1030. The number of hydrogen-bond donors (Lipinski definition) is 0. The fourth-order valence-electron chi connectivity index (χ4n) is 2.53. The van der Waals surface area contributed by atoms with Gasteiger partial charge in [-0.25, -0.2) is 0 Å². The van der Waals surface area contributed by atoms with Crippen molar-refractivity contribution in [2.24, 2.45) is 12.0 Å². The minimum atomic E-state index is -0.439. The maximum atomic E-state index is 12.3. The molecule has 0 N–H and O–H groups in total. The number of aryl methyl sites for hydroxylation is 1. The number of ether oxygens (including phenoxy) is 1. The monoisotopic (exact) mass is 371 g/mol. The van der Waals surface area contributed by atoms with Crippen LogP contribution in [0.25, 0.3) is 10.2 Å². The summed E-state index contributed by atoms with van der Waals surface area (Å²) in [6, 6.07) is 11.9. The molecule has 134 valence electrons. The zero-order valence-electron chi connectivity index (χ0n) is 14.3. The Balaban J connectivity index is 1.85. The highest BCUT2D eigenvalue weighted by Gasteiger charge is 2.11. The van der Waals surface area contributed by atoms with Crippen molar-refractivity contribution in [2.75, 3.05) is 6.61 Å². The predicted molar refractivity (Wildman–Crippen MR) is 99.3 cm³/mol. The van der Waals surface area contributed by atoms with Crippen LogP contribution in [0.15, 0.2) is 47.5 Å². The number of fused-ring (bicyclic) bond motifs is 1. The lowest BCUT2D eigenvalue weighted by atomic mass is 10.1. The number of nitrogens with zero attached hydrogens (tertiary/aromatic N) is 3. The molecule has 0 aliphatic carbocycles. The van der Waals surface area contributed by atoms with Gasteiger partial charge in [0.1, 0.15) is 5.75 Å². The Morgan fingerprint density at radius 1 is 1.27 bits per heavy atom. The van der Waals surface area contributed by atoms with Crippen LogP contribution >= 0.6 is 11.3 Å². The van der Waals surface area contributed by atoms with Gasteiger partial charge in [0.15, 0.2) is 4.80 Å². The molecule has 3 rings (SSSR count). The molecule has 0 saturated heterocycles. The third-order valence-electron chi connectivity index (χ3n) is 3.81. The van der Waals surface area contributed by atoms with E-state index in [1.807, 2.05) is 31.2 Å². The zero-order valence-corrected chi connectivity index (χ0v) is 15.2. The Hall–Kier alpha value is -3.00. The smallest absolute Gasteiger partial charge is 0.271 e. The summed E-state index contributed by atoms with van der Waals surface area (Å²) in [5, 5.41) is 10.9. The van der Waals surface area contributed by atoms with Crippen molar-refractivity contribution >= 4 is 33.1 Å². The molecule has 0 aliphatic rings. The zero-order chi connectivity index (χ0) is 18.7. The van der Waals surface area contributed by atoms with E-state index in [0.717, 1.165) is 16.0 Å². The first-order valence-corrected chi connectivity index (χ1v) is 8.83. The van der Waals surface area contributed by atoms with E-state index in [-0.39, 0.29) is 18.0 Å². The average molecular weight is 371 g/mol. The molecule has 2 aromatic carbocycles. The molecule has 0 fully saturated rings. The van der Waals surface area contributed by atoms with Crippen molar-refractivity contribution in [3.05, 3.63) is 62.9 Å². The second-order valence-electron chi connectivity index (χ2n) is 5.61. The lowest BCUT2D eigenvalue weighted by Crippen LogP contribution is -2.14. The van der Waals surface area contributed by atoms with Gasteiger partial charge in [0.2, 0.25) is 0 Å². The van der Waals surface area contributed by atoms with E-state index in [1.165, 1.54) is 23.5 Å². The first-order chi connectivity index (χ1) is 12.5. The van der Waals surface area contributed by atoms with Gasteiger partial charge in [-0.1, -0.05) is 23.5 Å². The van der Waals surface area contributed by atoms with Crippen LogP contribution in [0.2, 0.25) is 0 Å². The molecule has 3 aromatic rings. The molecule has 0 radical (unpaired) electrons. The topological polar surface area (TPSA) is 86.7 Å². The maximum Gasteiger partial charge on any atom is 0.271 e. The Labute approximate surface area is 153 Å². The van der Waals surface area contributed by atoms with Crippen LogP contribution in [0.4, 0.5) is 5.69 Å². The summed E-state index contributed by atoms with van der Waals surface area (Å²) >= 11 is 1.33. The summed E-state index contributed by atoms with van der Waals surface area (Å²) in [7, 11) is 1.74. The Morgan fingerprint density at radius 2 is 2.00 bits per heavy atom. The molecule has 1 amide bonds. The number of non-ortho nitro benzene ring substituents is 1. The van der Waals surface area contributed by atoms with Crippen molar-refractivity contribution in [2.45, 2.75) is 13.3 Å². The van der Waals surface area contributed by atoms with Crippen LogP contribution in [-0.4, -0.2) is 22.0 Å². The molecule has 7 nitrogen and oxygen atoms in total. The molecule has 1 aromatic heterocycles. The SMILES string of the molecule is CCOc1ccc(CC(=O)N=c2sc3ccc([N+](=O)[O-])cc3n2C)cc1. The van der Waals surface area contributed by atoms with Crippen molar-refractivity contribution < 1.29 is 14.5 Å². The van der Waals surface area contributed by atoms with Gasteiger partial charge in [-0.15, -0.1) is 0 Å². The van der Waals surface area contributed by atoms with E-state index in [9.17, 15) is 14.9 Å². The summed E-state index contributed by atoms with van der Waals surface area (Å²) in [5.74, 6) is 0.490. The summed E-state index contributed by atoms with van der Waals surface area (Å²) in [5.41, 5.74) is 1.54. The number of benzene rings is 2. The number of aromatic nitrogens is 1. The van der Waals surface area contributed by atoms with Gasteiger partial charge in [0.05, 0.1) is 28.2 Å². The third-order valence-corrected chi connectivity index (χ3v) is 4.93. The van der Waals surface area contributed by atoms with Gasteiger partial charge in [-0.2, -0.15) is 4.99 Å². The maximum absolute atomic E-state index is 12.3. The van der Waals surface area contributed by atoms with Crippen LogP contribution in [0.5, 0.6) is 5.75 Å². The molecule has 1 heterocycles. The van der Waals surface area contributed by atoms with Gasteiger partial charge in [-0.05, 0) is 30.7 Å². The molecule has 26 heavy (non-hydrogen) atoms. The highest BCUT2D eigenvalue weighted by molar-refractivity contribution is 7.16. The van der Waals surface area contributed by atoms with E-state index in [0.29, 0.717) is 16.9 Å². The Morgan fingerprint density at radius 3 is 2.65 bits per heavy atom. The number of nitro benzene ring substituents is 1. The van der Waals surface area contributed by atoms with Crippen molar-refractivity contribution in [1.82, 2.24) is 4.57 Å². The Kier molecular flexibility index (Phi) is 5.13. The molecule has 8 heteroatoms. The van der Waals surface area contributed by atoms with Crippen molar-refractivity contribution in [3.8, 4) is 5.75 Å². The summed E-state index contributed by atoms with van der Waals surface area (Å²) in [6.07, 6.45) is 0.181. The number of hydrogen-bond acceptors (Lipinski definition) is 5. The molecule has 0 unspecified atom stereocenters. The summed E-state index contributed by atoms with van der Waals surface area (Å²) in [6.45, 7) is 2.50. The van der Waals surface area contributed by atoms with E-state index in [4.69, 9.17) is 4.74 Å². The van der Waals surface area contributed by atoms with Crippen LogP contribution < -0.4 is 9.54 Å². The molecule has 0 bridgehead atoms. The van der Waals surface area contributed by atoms with Crippen molar-refractivity contribution in [3.63, 3.8) is 0 Å². The van der Waals surface area contributed by atoms with Gasteiger partial charge >= 0.3 is 0 Å². The van der Waals surface area contributed by atoms with E-state index in [1.54, 1.807) is 17.7 Å². The molecule has 0 atom stereocenters. The highest BCUT2D eigenvalue weighted by Crippen LogP contribution is 2.22. The van der Waals surface area contributed by atoms with Gasteiger partial charge in [-0.3, -0.25) is 14.9 Å². The molecular formula is C18H17N3O4S. The molecule has 0 saturated carbocycles. The van der Waals surface area contributed by atoms with Crippen molar-refractivity contribution in [1.29, 1.82) is 0 Å². The normalized spacial score (nSPS) is 11.7. The molecule has 0 aliphatic heterocycles. The first-order valence-electron chi connectivity index (χ1n) is 8.01. The standard InChI is InChI=1S/C18H17N3O4S/c1-3-25-14-7-4-12(5-8-14)10-17(22)19-18-20(2)15-11-13(21(23)24)6-9-16(15)26-18/h4-9,11H,3,10H2,1-2H3. The number of carbonyl (C=O) groups is 1. The van der Waals surface area contributed by atoms with E-state index < -0.39 is 4.92 Å². The van der Waals surface area contributed by atoms with Gasteiger partial charge in [0, 0.05) is 19.2 Å². The quantitative estimate of drug-likeness (QED) is 0.509. The van der Waals surface area contributed by atoms with Crippen LogP contribution in [0.1, 0.15) is 12.5 Å². The number of rotatable bonds is 5. The lowest BCUT2D eigenvalue weighted by molar-refractivity contribution is -0.384. The molecular weight excluding hydrogens is 354 g/mol. The molecule has 0 spiro atoms. The van der Waals surface area contributed by atoms with Crippen LogP contribution in [0.3, 0.4) is 0 Å². The van der Waals surface area contributed by atoms with E-state index >= 15 is 0 Å². The first kappa shape index (κ1) is 17.8. The fraction of sp³-hybridized carbons (Fsp3) is 0.222. The highest BCUT2D eigenvalue weighted by atomic mass is 32.1. The number of thiazole rings is 1. The largest absolute Gasteiger partial charge is 0.494 e. The number of carbonyl (C=O) groups excluding carboxylic acids is 1. The second kappa shape index (κ2) is 7.49.